The van der Waals surface area contributed by atoms with Gasteiger partial charge in [-0.15, -0.1) is 0 Å². The maximum Gasteiger partial charge on any atom is 0.338 e. The molecule has 6 nitrogen and oxygen atoms in total. The monoisotopic (exact) mass is 353 g/mol. The highest BCUT2D eigenvalue weighted by molar-refractivity contribution is 6.05. The van der Waals surface area contributed by atoms with E-state index in [1.165, 1.54) is 18.2 Å². The van der Waals surface area contributed by atoms with E-state index in [0.717, 1.165) is 13.2 Å². The van der Waals surface area contributed by atoms with Crippen molar-refractivity contribution >= 4 is 11.9 Å². The van der Waals surface area contributed by atoms with Gasteiger partial charge in [-0.25, -0.2) is 14.0 Å². The lowest BCUT2D eigenvalue weighted by molar-refractivity contribution is -0.170. The second kappa shape index (κ2) is 8.11. The predicted molar refractivity (Wildman–Crippen MR) is 90.6 cm³/mol. The van der Waals surface area contributed by atoms with Crippen LogP contribution in [0.1, 0.15) is 26.3 Å². The van der Waals surface area contributed by atoms with Gasteiger partial charge in [0.2, 0.25) is 5.54 Å². The number of ether oxygens (including phenoxy) is 3. The molecule has 1 aromatic rings. The highest BCUT2D eigenvalue weighted by atomic mass is 19.1. The first-order chi connectivity index (χ1) is 11.5. The van der Waals surface area contributed by atoms with Crippen LogP contribution < -0.4 is 10.5 Å². The number of methoxy groups -OCH3 is 1. The lowest BCUT2D eigenvalue weighted by atomic mass is 9.91. The number of benzene rings is 1. The standard InChI is InChI=1S/C18H24FNO5/c1-6-7-24-14-9-12(8-13(19)10-14)11-18(20,15(21)23-5)16(22)25-17(2,3)4/h6,8-10H,1,7,11,20H2,2-5H3. The minimum absolute atomic E-state index is 0.180. The first-order valence-electron chi connectivity index (χ1n) is 7.65. The third-order valence-electron chi connectivity index (χ3n) is 3.09. The summed E-state index contributed by atoms with van der Waals surface area (Å²) in [7, 11) is 1.11. The summed E-state index contributed by atoms with van der Waals surface area (Å²) in [5.41, 5.74) is 3.34. The van der Waals surface area contributed by atoms with Gasteiger partial charge < -0.3 is 19.9 Å². The van der Waals surface area contributed by atoms with E-state index in [0.29, 0.717) is 0 Å². The molecule has 2 N–H and O–H groups in total. The highest BCUT2D eigenvalue weighted by Gasteiger charge is 2.46. The van der Waals surface area contributed by atoms with Crippen molar-refractivity contribution in [3.05, 3.63) is 42.2 Å². The molecule has 7 heteroatoms. The Bertz CT molecular complexity index is 653. The maximum atomic E-state index is 13.8. The Kier molecular flexibility index (Phi) is 6.70. The number of rotatable bonds is 7. The lowest BCUT2D eigenvalue weighted by Crippen LogP contribution is -2.59. The normalized spacial score (nSPS) is 13.5. The van der Waals surface area contributed by atoms with E-state index < -0.39 is 28.9 Å². The van der Waals surface area contributed by atoms with Crippen LogP contribution in [0.15, 0.2) is 30.9 Å². The average Bonchev–Trinajstić information content (AvgIpc) is 2.49. The van der Waals surface area contributed by atoms with Crippen molar-refractivity contribution in [1.29, 1.82) is 0 Å². The Balaban J connectivity index is 3.18. The van der Waals surface area contributed by atoms with Crippen molar-refractivity contribution in [2.75, 3.05) is 13.7 Å². The van der Waals surface area contributed by atoms with Crippen molar-refractivity contribution in [3.63, 3.8) is 0 Å². The Morgan fingerprint density at radius 2 is 1.88 bits per heavy atom. The molecule has 0 aromatic heterocycles. The smallest absolute Gasteiger partial charge is 0.338 e. The van der Waals surface area contributed by atoms with E-state index in [4.69, 9.17) is 15.2 Å². The van der Waals surface area contributed by atoms with Crippen molar-refractivity contribution in [3.8, 4) is 5.75 Å². The summed E-state index contributed by atoms with van der Waals surface area (Å²) in [6, 6.07) is 3.83. The molecule has 0 amide bonds. The van der Waals surface area contributed by atoms with Gasteiger partial charge in [-0.2, -0.15) is 0 Å². The SMILES string of the molecule is C=CCOc1cc(F)cc(CC(N)(C(=O)OC)C(=O)OC(C)(C)C)c1. The summed E-state index contributed by atoms with van der Waals surface area (Å²) >= 11 is 0. The van der Waals surface area contributed by atoms with Crippen LogP contribution in [0.3, 0.4) is 0 Å². The number of hydrogen-bond acceptors (Lipinski definition) is 6. The lowest BCUT2D eigenvalue weighted by Gasteiger charge is -2.29. The third kappa shape index (κ3) is 5.86. The third-order valence-corrected chi connectivity index (χ3v) is 3.09. The van der Waals surface area contributed by atoms with E-state index in [-0.39, 0.29) is 24.3 Å². The molecule has 0 fully saturated rings. The first kappa shape index (κ1) is 20.6. The average molecular weight is 353 g/mol. The van der Waals surface area contributed by atoms with Gasteiger partial charge in [0.25, 0.3) is 0 Å². The van der Waals surface area contributed by atoms with Crippen LogP contribution >= 0.6 is 0 Å². The molecule has 0 saturated heterocycles. The van der Waals surface area contributed by atoms with Crippen LogP contribution in [-0.4, -0.2) is 36.8 Å². The minimum Gasteiger partial charge on any atom is -0.489 e. The van der Waals surface area contributed by atoms with E-state index in [9.17, 15) is 14.0 Å². The summed E-state index contributed by atoms with van der Waals surface area (Å²) in [4.78, 5) is 24.6. The highest BCUT2D eigenvalue weighted by Crippen LogP contribution is 2.23. The molecule has 1 unspecified atom stereocenters. The van der Waals surface area contributed by atoms with Crippen molar-refractivity contribution in [2.45, 2.75) is 38.3 Å². The summed E-state index contributed by atoms with van der Waals surface area (Å²) < 4.78 is 29.0. The zero-order chi connectivity index (χ0) is 19.3. The molecule has 138 valence electrons. The van der Waals surface area contributed by atoms with Gasteiger partial charge >= 0.3 is 11.9 Å². The Hall–Kier alpha value is -2.41. The topological polar surface area (TPSA) is 87.9 Å². The number of carbonyl (C=O) groups is 2. The number of esters is 2. The van der Waals surface area contributed by atoms with Crippen LogP contribution in [0.25, 0.3) is 0 Å². The molecule has 0 spiro atoms. The summed E-state index contributed by atoms with van der Waals surface area (Å²) in [5.74, 6) is -2.29. The molecule has 0 heterocycles. The number of halogens is 1. The molecule has 0 saturated carbocycles. The molecular formula is C18H24FNO5. The van der Waals surface area contributed by atoms with E-state index in [1.54, 1.807) is 20.8 Å². The fraction of sp³-hybridized carbons (Fsp3) is 0.444. The van der Waals surface area contributed by atoms with E-state index >= 15 is 0 Å². The van der Waals surface area contributed by atoms with Crippen LogP contribution in [0.4, 0.5) is 4.39 Å². The Labute approximate surface area is 146 Å². The second-order valence-electron chi connectivity index (χ2n) is 6.54. The quantitative estimate of drug-likeness (QED) is 0.459. The molecule has 0 aliphatic heterocycles. The van der Waals surface area contributed by atoms with Crippen LogP contribution in [0.2, 0.25) is 0 Å². The molecule has 1 atom stereocenters. The van der Waals surface area contributed by atoms with Crippen LogP contribution in [-0.2, 0) is 25.5 Å². The molecule has 25 heavy (non-hydrogen) atoms. The van der Waals surface area contributed by atoms with Crippen molar-refractivity contribution in [1.82, 2.24) is 0 Å². The fourth-order valence-corrected chi connectivity index (χ4v) is 2.06. The van der Waals surface area contributed by atoms with Crippen LogP contribution in [0, 0.1) is 5.82 Å². The molecule has 0 bridgehead atoms. The van der Waals surface area contributed by atoms with Gasteiger partial charge in [0.05, 0.1) is 7.11 Å². The van der Waals surface area contributed by atoms with Crippen LogP contribution in [0.5, 0.6) is 5.75 Å². The van der Waals surface area contributed by atoms with Gasteiger partial charge in [-0.3, -0.25) is 0 Å². The largest absolute Gasteiger partial charge is 0.489 e. The van der Waals surface area contributed by atoms with Gasteiger partial charge in [0.1, 0.15) is 23.8 Å². The van der Waals surface area contributed by atoms with Crippen molar-refractivity contribution in [2.24, 2.45) is 5.73 Å². The van der Waals surface area contributed by atoms with Gasteiger partial charge in [-0.1, -0.05) is 12.7 Å². The molecule has 0 aliphatic carbocycles. The minimum atomic E-state index is -2.11. The predicted octanol–water partition coefficient (Wildman–Crippen LogP) is 2.15. The Morgan fingerprint density at radius 1 is 1.24 bits per heavy atom. The summed E-state index contributed by atoms with van der Waals surface area (Å²) in [6.07, 6.45) is 1.20. The number of carbonyl (C=O) groups excluding carboxylic acids is 2. The Morgan fingerprint density at radius 3 is 2.40 bits per heavy atom. The molecule has 0 aliphatic rings. The maximum absolute atomic E-state index is 13.8. The summed E-state index contributed by atoms with van der Waals surface area (Å²) in [5, 5.41) is 0. The molecular weight excluding hydrogens is 329 g/mol. The molecule has 1 aromatic carbocycles. The van der Waals surface area contributed by atoms with E-state index in [2.05, 4.69) is 11.3 Å². The van der Waals surface area contributed by atoms with Gasteiger partial charge in [-0.05, 0) is 38.5 Å². The first-order valence-corrected chi connectivity index (χ1v) is 7.65. The molecule has 1 rings (SSSR count). The van der Waals surface area contributed by atoms with Gasteiger partial charge in [0, 0.05) is 12.5 Å². The van der Waals surface area contributed by atoms with Crippen molar-refractivity contribution < 1.29 is 28.2 Å². The zero-order valence-corrected chi connectivity index (χ0v) is 14.9. The second-order valence-corrected chi connectivity index (χ2v) is 6.54. The summed E-state index contributed by atoms with van der Waals surface area (Å²) in [6.45, 7) is 8.63. The zero-order valence-electron chi connectivity index (χ0n) is 14.9. The number of hydrogen-bond donors (Lipinski definition) is 1. The fourth-order valence-electron chi connectivity index (χ4n) is 2.06. The number of nitrogens with two attached hydrogens (primary N) is 1. The van der Waals surface area contributed by atoms with E-state index in [1.807, 2.05) is 0 Å². The van der Waals surface area contributed by atoms with Gasteiger partial charge in [0.15, 0.2) is 0 Å². The molecule has 0 radical (unpaired) electrons.